The van der Waals surface area contributed by atoms with E-state index < -0.39 is 40.4 Å². The number of benzene rings is 3. The Morgan fingerprint density at radius 1 is 0.921 bits per heavy atom. The van der Waals surface area contributed by atoms with E-state index in [-0.39, 0.29) is 18.7 Å². The summed E-state index contributed by atoms with van der Waals surface area (Å²) in [6.07, 6.45) is 0.197. The Bertz CT molecular complexity index is 1360. The standard InChI is InChI=1S/C27H30BrFN4O4S/c1-30-27(35)25(17-20-9-5-4-6-10-20)32(18-21-13-15-22(28)16-14-21)26(34)19-33(38(36,37)31(2)3)24-12-8-7-11-23(24)29/h4-16,25H,17-19H2,1-3H3,(H,30,35)/t25-/m0/s1. The van der Waals surface area contributed by atoms with Gasteiger partial charge in [-0.25, -0.2) is 8.70 Å². The van der Waals surface area contributed by atoms with Gasteiger partial charge in [0.15, 0.2) is 0 Å². The van der Waals surface area contributed by atoms with E-state index in [1.807, 2.05) is 42.5 Å². The molecule has 202 valence electrons. The van der Waals surface area contributed by atoms with Gasteiger partial charge in [-0.15, -0.1) is 0 Å². The highest BCUT2D eigenvalue weighted by Crippen LogP contribution is 2.24. The summed E-state index contributed by atoms with van der Waals surface area (Å²) in [6.45, 7) is -0.676. The van der Waals surface area contributed by atoms with Crippen molar-refractivity contribution in [3.8, 4) is 0 Å². The zero-order chi connectivity index (χ0) is 27.9. The van der Waals surface area contributed by atoms with Crippen LogP contribution in [-0.2, 0) is 32.8 Å². The maximum atomic E-state index is 14.8. The van der Waals surface area contributed by atoms with Gasteiger partial charge in [0.2, 0.25) is 11.8 Å². The fourth-order valence-electron chi connectivity index (χ4n) is 3.86. The number of amides is 2. The van der Waals surface area contributed by atoms with Gasteiger partial charge in [0.05, 0.1) is 5.69 Å². The van der Waals surface area contributed by atoms with Crippen molar-refractivity contribution in [1.29, 1.82) is 0 Å². The van der Waals surface area contributed by atoms with Gasteiger partial charge < -0.3 is 10.2 Å². The number of anilines is 1. The average molecular weight is 606 g/mol. The molecular weight excluding hydrogens is 575 g/mol. The third kappa shape index (κ3) is 7.18. The molecule has 1 N–H and O–H groups in total. The van der Waals surface area contributed by atoms with Gasteiger partial charge in [-0.1, -0.05) is 70.5 Å². The zero-order valence-corrected chi connectivity index (χ0v) is 23.7. The summed E-state index contributed by atoms with van der Waals surface area (Å²) in [4.78, 5) is 28.4. The number of carbonyl (C=O) groups is 2. The van der Waals surface area contributed by atoms with Crippen LogP contribution in [0.4, 0.5) is 10.1 Å². The van der Waals surface area contributed by atoms with E-state index in [1.54, 1.807) is 12.1 Å². The zero-order valence-electron chi connectivity index (χ0n) is 21.3. The first-order valence-corrected chi connectivity index (χ1v) is 14.0. The molecule has 3 aromatic carbocycles. The molecule has 2 amide bonds. The maximum Gasteiger partial charge on any atom is 0.304 e. The molecule has 0 spiro atoms. The molecule has 0 aliphatic heterocycles. The van der Waals surface area contributed by atoms with Crippen molar-refractivity contribution >= 4 is 43.6 Å². The average Bonchev–Trinajstić information content (AvgIpc) is 2.90. The maximum absolute atomic E-state index is 14.8. The molecular formula is C27H30BrFN4O4S. The Morgan fingerprint density at radius 3 is 2.11 bits per heavy atom. The van der Waals surface area contributed by atoms with Gasteiger partial charge >= 0.3 is 10.2 Å². The van der Waals surface area contributed by atoms with Crippen LogP contribution in [0.5, 0.6) is 0 Å². The molecule has 11 heteroatoms. The van der Waals surface area contributed by atoms with Crippen LogP contribution in [-0.4, -0.2) is 63.2 Å². The SMILES string of the molecule is CNC(=O)[C@H](Cc1ccccc1)N(Cc1ccc(Br)cc1)C(=O)CN(c1ccccc1F)S(=O)(=O)N(C)C. The molecule has 0 radical (unpaired) electrons. The van der Waals surface area contributed by atoms with Crippen LogP contribution in [0, 0.1) is 5.82 Å². The fourth-order valence-corrected chi connectivity index (χ4v) is 5.19. The summed E-state index contributed by atoms with van der Waals surface area (Å²) >= 11 is 3.39. The van der Waals surface area contributed by atoms with Crippen LogP contribution < -0.4 is 9.62 Å². The highest BCUT2D eigenvalue weighted by molar-refractivity contribution is 9.10. The number of halogens is 2. The normalized spacial score (nSPS) is 12.2. The molecule has 0 saturated carbocycles. The number of nitrogens with one attached hydrogen (secondary N) is 1. The second-order valence-electron chi connectivity index (χ2n) is 8.72. The molecule has 0 saturated heterocycles. The topological polar surface area (TPSA) is 90.0 Å². The van der Waals surface area contributed by atoms with Gasteiger partial charge in [-0.3, -0.25) is 9.59 Å². The molecule has 3 rings (SSSR count). The molecule has 0 aromatic heterocycles. The van der Waals surface area contributed by atoms with E-state index in [0.717, 1.165) is 30.3 Å². The summed E-state index contributed by atoms with van der Waals surface area (Å²) in [7, 11) is -0.179. The van der Waals surface area contributed by atoms with Crippen molar-refractivity contribution < 1.29 is 22.4 Å². The van der Waals surface area contributed by atoms with Crippen molar-refractivity contribution in [2.24, 2.45) is 0 Å². The number of para-hydroxylation sites is 1. The van der Waals surface area contributed by atoms with E-state index in [2.05, 4.69) is 21.2 Å². The first kappa shape index (κ1) is 29.3. The van der Waals surface area contributed by atoms with Gasteiger partial charge in [0.1, 0.15) is 18.4 Å². The number of rotatable bonds is 11. The van der Waals surface area contributed by atoms with Crippen molar-refractivity contribution in [2.45, 2.75) is 19.0 Å². The Hall–Kier alpha value is -3.28. The first-order chi connectivity index (χ1) is 18.0. The van der Waals surface area contributed by atoms with Crippen LogP contribution in [0.15, 0.2) is 83.3 Å². The number of carbonyl (C=O) groups excluding carboxylic acids is 2. The molecule has 0 unspecified atom stereocenters. The van der Waals surface area contributed by atoms with Crippen molar-refractivity contribution in [3.63, 3.8) is 0 Å². The molecule has 8 nitrogen and oxygen atoms in total. The number of likely N-dealkylation sites (N-methyl/N-ethyl adjacent to an activating group) is 1. The van der Waals surface area contributed by atoms with Gasteiger partial charge in [-0.05, 0) is 35.4 Å². The second kappa shape index (κ2) is 13.0. The van der Waals surface area contributed by atoms with Crippen LogP contribution in [0.1, 0.15) is 11.1 Å². The second-order valence-corrected chi connectivity index (χ2v) is 11.7. The Balaban J connectivity index is 2.07. The van der Waals surface area contributed by atoms with Crippen LogP contribution in [0.3, 0.4) is 0 Å². The van der Waals surface area contributed by atoms with Crippen molar-refractivity contribution in [3.05, 3.63) is 100 Å². The van der Waals surface area contributed by atoms with E-state index in [4.69, 9.17) is 0 Å². The highest BCUT2D eigenvalue weighted by atomic mass is 79.9. The molecule has 0 aliphatic carbocycles. The molecule has 0 aliphatic rings. The quantitative estimate of drug-likeness (QED) is 0.362. The lowest BCUT2D eigenvalue weighted by atomic mass is 10.0. The molecule has 0 heterocycles. The third-order valence-electron chi connectivity index (χ3n) is 5.92. The first-order valence-electron chi connectivity index (χ1n) is 11.8. The van der Waals surface area contributed by atoms with E-state index in [9.17, 15) is 22.4 Å². The molecule has 38 heavy (non-hydrogen) atoms. The largest absolute Gasteiger partial charge is 0.357 e. The summed E-state index contributed by atoms with van der Waals surface area (Å²) in [6, 6.07) is 20.8. The number of nitrogens with zero attached hydrogens (tertiary/aromatic N) is 3. The molecule has 0 fully saturated rings. The molecule has 3 aromatic rings. The Labute approximate surface area is 231 Å². The third-order valence-corrected chi connectivity index (χ3v) is 8.26. The lowest BCUT2D eigenvalue weighted by Crippen LogP contribution is -2.54. The minimum Gasteiger partial charge on any atom is -0.357 e. The van der Waals surface area contributed by atoms with Crippen molar-refractivity contribution in [2.75, 3.05) is 32.0 Å². The van der Waals surface area contributed by atoms with Gasteiger partial charge in [-0.2, -0.15) is 12.7 Å². The van der Waals surface area contributed by atoms with E-state index >= 15 is 0 Å². The summed E-state index contributed by atoms with van der Waals surface area (Å²) in [5, 5.41) is 2.62. The monoisotopic (exact) mass is 604 g/mol. The van der Waals surface area contributed by atoms with Crippen LogP contribution in [0.2, 0.25) is 0 Å². The van der Waals surface area contributed by atoms with Crippen molar-refractivity contribution in [1.82, 2.24) is 14.5 Å². The van der Waals surface area contributed by atoms with Crippen LogP contribution in [0.25, 0.3) is 0 Å². The minimum atomic E-state index is -4.26. The predicted octanol–water partition coefficient (Wildman–Crippen LogP) is 3.59. The lowest BCUT2D eigenvalue weighted by molar-refractivity contribution is -0.139. The summed E-state index contributed by atoms with van der Waals surface area (Å²) in [5.41, 5.74) is 1.29. The van der Waals surface area contributed by atoms with Gasteiger partial charge in [0, 0.05) is 38.6 Å². The molecule has 1 atom stereocenters. The highest BCUT2D eigenvalue weighted by Gasteiger charge is 2.35. The lowest BCUT2D eigenvalue weighted by Gasteiger charge is -2.34. The van der Waals surface area contributed by atoms with E-state index in [1.165, 1.54) is 44.2 Å². The van der Waals surface area contributed by atoms with Gasteiger partial charge in [0.25, 0.3) is 0 Å². The predicted molar refractivity (Wildman–Crippen MR) is 149 cm³/mol. The fraction of sp³-hybridized carbons (Fsp3) is 0.259. The van der Waals surface area contributed by atoms with Crippen LogP contribution >= 0.6 is 15.9 Å². The number of hydrogen-bond donors (Lipinski definition) is 1. The number of hydrogen-bond acceptors (Lipinski definition) is 4. The smallest absolute Gasteiger partial charge is 0.304 e. The summed E-state index contributed by atoms with van der Waals surface area (Å²) < 4.78 is 43.7. The minimum absolute atomic E-state index is 0.0319. The molecule has 0 bridgehead atoms. The van der Waals surface area contributed by atoms with E-state index in [0.29, 0.717) is 0 Å². The summed E-state index contributed by atoms with van der Waals surface area (Å²) in [5.74, 6) is -1.87. The Morgan fingerprint density at radius 2 is 1.53 bits per heavy atom. The Kier molecular flexibility index (Phi) is 10.0.